The fourth-order valence-corrected chi connectivity index (χ4v) is 2.91. The maximum atomic E-state index is 13.0. The Balaban J connectivity index is 3.61. The van der Waals surface area contributed by atoms with Gasteiger partial charge in [0, 0.05) is 16.6 Å². The highest BCUT2D eigenvalue weighted by atomic mass is 16.1. The molecule has 0 radical (unpaired) electrons. The minimum absolute atomic E-state index is 0.0963. The van der Waals surface area contributed by atoms with E-state index in [1.807, 2.05) is 6.08 Å². The molecule has 118 valence electrons. The molecule has 0 saturated heterocycles. The number of carbonyl (C=O) groups excluding carboxylic acids is 1. The lowest BCUT2D eigenvalue weighted by molar-refractivity contribution is -0.114. The van der Waals surface area contributed by atoms with Crippen LogP contribution in [0.15, 0.2) is 36.0 Å². The van der Waals surface area contributed by atoms with Crippen molar-refractivity contribution >= 4 is 5.78 Å². The van der Waals surface area contributed by atoms with E-state index in [1.54, 1.807) is 0 Å². The highest BCUT2D eigenvalue weighted by molar-refractivity contribution is 6.11. The number of allylic oxidation sites excluding steroid dienone is 5. The van der Waals surface area contributed by atoms with E-state index in [-0.39, 0.29) is 22.0 Å². The smallest absolute Gasteiger partial charge is 0.185 e. The third kappa shape index (κ3) is 3.56. The van der Waals surface area contributed by atoms with E-state index in [2.05, 4.69) is 74.1 Å². The van der Waals surface area contributed by atoms with Crippen molar-refractivity contribution in [3.8, 4) is 0 Å². The summed E-state index contributed by atoms with van der Waals surface area (Å²) in [6.07, 6.45) is 7.29. The Bertz CT molecular complexity index is 453. The highest BCUT2D eigenvalue weighted by Gasteiger charge is 2.41. The third-order valence-corrected chi connectivity index (χ3v) is 4.50. The van der Waals surface area contributed by atoms with Gasteiger partial charge in [0.15, 0.2) is 5.78 Å². The average Bonchev–Trinajstić information content (AvgIpc) is 2.28. The van der Waals surface area contributed by atoms with Crippen LogP contribution in [0.4, 0.5) is 0 Å². The van der Waals surface area contributed by atoms with Gasteiger partial charge in [0.1, 0.15) is 0 Å². The Morgan fingerprint density at radius 1 is 1.05 bits per heavy atom. The molecule has 1 aliphatic rings. The molecule has 0 N–H and O–H groups in total. The van der Waals surface area contributed by atoms with Crippen LogP contribution in [0.2, 0.25) is 0 Å². The summed E-state index contributed by atoms with van der Waals surface area (Å²) in [5, 5.41) is 0. The van der Waals surface area contributed by atoms with Crippen LogP contribution in [0, 0.1) is 22.2 Å². The number of carbonyl (C=O) groups is 1. The summed E-state index contributed by atoms with van der Waals surface area (Å²) in [5.41, 5.74) is 1.53. The van der Waals surface area contributed by atoms with Crippen molar-refractivity contribution in [2.75, 3.05) is 0 Å². The van der Waals surface area contributed by atoms with Gasteiger partial charge in [-0.25, -0.2) is 0 Å². The predicted octanol–water partition coefficient (Wildman–Crippen LogP) is 5.73. The van der Waals surface area contributed by atoms with Crippen LogP contribution >= 0.6 is 0 Å². The van der Waals surface area contributed by atoms with Gasteiger partial charge >= 0.3 is 0 Å². The van der Waals surface area contributed by atoms with Crippen molar-refractivity contribution in [1.82, 2.24) is 0 Å². The quantitative estimate of drug-likeness (QED) is 0.606. The summed E-state index contributed by atoms with van der Waals surface area (Å²) in [5.74, 6) is 0.647. The van der Waals surface area contributed by atoms with Crippen molar-refractivity contribution in [1.29, 1.82) is 0 Å². The maximum absolute atomic E-state index is 13.0. The third-order valence-electron chi connectivity index (χ3n) is 4.50. The number of hydrogen-bond acceptors (Lipinski definition) is 1. The van der Waals surface area contributed by atoms with E-state index in [4.69, 9.17) is 0 Å². The molecule has 0 bridgehead atoms. The molecule has 0 amide bonds. The van der Waals surface area contributed by atoms with E-state index in [9.17, 15) is 4.79 Å². The van der Waals surface area contributed by atoms with Crippen LogP contribution in [0.1, 0.15) is 61.8 Å². The fourth-order valence-electron chi connectivity index (χ4n) is 2.91. The van der Waals surface area contributed by atoms with Crippen LogP contribution in [0.25, 0.3) is 0 Å². The van der Waals surface area contributed by atoms with E-state index >= 15 is 0 Å². The molecule has 1 aliphatic carbocycles. The summed E-state index contributed by atoms with van der Waals surface area (Å²) >= 11 is 0. The first kappa shape index (κ1) is 17.9. The Labute approximate surface area is 131 Å². The van der Waals surface area contributed by atoms with Crippen LogP contribution in [0.3, 0.4) is 0 Å². The zero-order chi connectivity index (χ0) is 16.6. The largest absolute Gasteiger partial charge is 0.289 e. The lowest BCUT2D eigenvalue weighted by Gasteiger charge is -2.41. The second kappa shape index (κ2) is 5.59. The predicted molar refractivity (Wildman–Crippen MR) is 92.2 cm³/mol. The van der Waals surface area contributed by atoms with Gasteiger partial charge in [-0.1, -0.05) is 73.6 Å². The van der Waals surface area contributed by atoms with Gasteiger partial charge < -0.3 is 0 Å². The Morgan fingerprint density at radius 2 is 1.43 bits per heavy atom. The first-order valence-electron chi connectivity index (χ1n) is 7.97. The molecule has 21 heavy (non-hydrogen) atoms. The van der Waals surface area contributed by atoms with Gasteiger partial charge in [-0.15, -0.1) is 6.58 Å². The van der Waals surface area contributed by atoms with Gasteiger partial charge in [0.25, 0.3) is 0 Å². The van der Waals surface area contributed by atoms with E-state index in [1.165, 1.54) is 0 Å². The fraction of sp³-hybridized carbons (Fsp3) is 0.650. The van der Waals surface area contributed by atoms with Crippen molar-refractivity contribution < 1.29 is 4.79 Å². The van der Waals surface area contributed by atoms with Crippen molar-refractivity contribution in [3.63, 3.8) is 0 Å². The summed E-state index contributed by atoms with van der Waals surface area (Å²) in [4.78, 5) is 13.0. The molecule has 0 fully saturated rings. The molecular formula is C20H32O. The van der Waals surface area contributed by atoms with Crippen LogP contribution < -0.4 is 0 Å². The Kier molecular flexibility index (Phi) is 4.77. The molecule has 1 nitrogen and oxygen atoms in total. The zero-order valence-corrected chi connectivity index (χ0v) is 15.1. The zero-order valence-electron chi connectivity index (χ0n) is 15.1. The molecule has 0 aromatic rings. The van der Waals surface area contributed by atoms with Crippen molar-refractivity contribution in [3.05, 3.63) is 36.0 Å². The topological polar surface area (TPSA) is 17.1 Å². The maximum Gasteiger partial charge on any atom is 0.185 e. The molecule has 0 unspecified atom stereocenters. The summed E-state index contributed by atoms with van der Waals surface area (Å²) in [6.45, 7) is 21.1. The minimum Gasteiger partial charge on any atom is -0.289 e. The number of rotatable bonds is 3. The van der Waals surface area contributed by atoms with Crippen molar-refractivity contribution in [2.24, 2.45) is 22.2 Å². The number of ketones is 1. The first-order chi connectivity index (χ1) is 9.35. The van der Waals surface area contributed by atoms with E-state index < -0.39 is 0 Å². The number of Topliss-reactive ketones (excluding diaryl/α,β-unsaturated/α-hetero) is 1. The van der Waals surface area contributed by atoms with Gasteiger partial charge in [0.05, 0.1) is 0 Å². The molecule has 0 spiro atoms. The van der Waals surface area contributed by atoms with Crippen LogP contribution in [-0.2, 0) is 4.79 Å². The average molecular weight is 288 g/mol. The van der Waals surface area contributed by atoms with Crippen molar-refractivity contribution in [2.45, 2.75) is 61.8 Å². The van der Waals surface area contributed by atoms with Gasteiger partial charge in [-0.2, -0.15) is 0 Å². The Hall–Kier alpha value is -1.11. The molecule has 0 aromatic heterocycles. The first-order valence-corrected chi connectivity index (χ1v) is 7.97. The summed E-state index contributed by atoms with van der Waals surface area (Å²) in [7, 11) is 0. The SMILES string of the molecule is C=CCC1(C(C)C)C=C(C(C)(C)C)C(=O)C(C(C)(C)C)=C1. The van der Waals surface area contributed by atoms with E-state index in [0.29, 0.717) is 5.92 Å². The van der Waals surface area contributed by atoms with Crippen LogP contribution in [-0.4, -0.2) is 5.78 Å². The Morgan fingerprint density at radius 3 is 1.67 bits per heavy atom. The molecule has 1 heteroatoms. The minimum atomic E-state index is -0.136. The van der Waals surface area contributed by atoms with E-state index in [0.717, 1.165) is 17.6 Å². The summed E-state index contributed by atoms with van der Waals surface area (Å²) < 4.78 is 0. The lowest BCUT2D eigenvalue weighted by Crippen LogP contribution is -2.35. The second-order valence-electron chi connectivity index (χ2n) is 8.71. The van der Waals surface area contributed by atoms with Crippen LogP contribution in [0.5, 0.6) is 0 Å². The lowest BCUT2D eigenvalue weighted by atomic mass is 9.62. The molecule has 0 heterocycles. The molecule has 0 saturated carbocycles. The van der Waals surface area contributed by atoms with Gasteiger partial charge in [-0.3, -0.25) is 4.79 Å². The molecule has 0 aliphatic heterocycles. The summed E-state index contributed by atoms with van der Waals surface area (Å²) in [6, 6.07) is 0. The highest BCUT2D eigenvalue weighted by Crippen LogP contribution is 2.47. The molecule has 0 aromatic carbocycles. The molecule has 1 rings (SSSR count). The normalized spacial score (nSPS) is 19.4. The second-order valence-corrected chi connectivity index (χ2v) is 8.71. The standard InChI is InChI=1S/C20H32O/c1-10-11-20(14(2)3)12-15(18(4,5)6)17(21)16(13-20)19(7,8)9/h10,12-14H,1,11H2,2-9H3. The van der Waals surface area contributed by atoms with Gasteiger partial charge in [-0.05, 0) is 23.2 Å². The molecular weight excluding hydrogens is 256 g/mol. The van der Waals surface area contributed by atoms with Gasteiger partial charge in [0.2, 0.25) is 0 Å². The number of hydrogen-bond donors (Lipinski definition) is 0. The molecule has 0 atom stereocenters. The monoisotopic (exact) mass is 288 g/mol.